The Morgan fingerprint density at radius 2 is 2.57 bits per heavy atom. The number of aromatic nitrogens is 2. The molecular weight excluding hydrogens is 186 g/mol. The lowest BCUT2D eigenvalue weighted by Gasteiger charge is -2.09. The van der Waals surface area contributed by atoms with Crippen LogP contribution in [0.4, 0.5) is 0 Å². The quantitative estimate of drug-likeness (QED) is 0.673. The Labute approximate surface area is 81.3 Å². The number of hydrogen-bond acceptors (Lipinski definition) is 5. The molecule has 0 saturated carbocycles. The van der Waals surface area contributed by atoms with Gasteiger partial charge in [0.2, 0.25) is 5.89 Å². The van der Waals surface area contributed by atoms with Crippen LogP contribution in [0, 0.1) is 0 Å². The number of hydrogen-bond donors (Lipinski definition) is 2. The molecule has 0 aromatic carbocycles. The SMILES string of the molecule is CC(CC(=O)O)NCCc1ncno1. The zero-order chi connectivity index (χ0) is 10.4. The molecule has 14 heavy (non-hydrogen) atoms. The van der Waals surface area contributed by atoms with E-state index in [2.05, 4.69) is 15.5 Å². The molecule has 0 aliphatic heterocycles. The van der Waals surface area contributed by atoms with Gasteiger partial charge in [0.1, 0.15) is 0 Å². The highest BCUT2D eigenvalue weighted by Gasteiger charge is 2.06. The van der Waals surface area contributed by atoms with Gasteiger partial charge in [-0.05, 0) is 6.92 Å². The average molecular weight is 199 g/mol. The van der Waals surface area contributed by atoms with Crippen molar-refractivity contribution in [2.24, 2.45) is 0 Å². The summed E-state index contributed by atoms with van der Waals surface area (Å²) in [5, 5.41) is 15.0. The molecule has 0 amide bonds. The van der Waals surface area contributed by atoms with E-state index >= 15 is 0 Å². The van der Waals surface area contributed by atoms with Gasteiger partial charge < -0.3 is 14.9 Å². The standard InChI is InChI=1S/C8H13N3O3/c1-6(4-8(12)13)9-3-2-7-10-5-11-14-7/h5-6,9H,2-4H2,1H3,(H,12,13). The molecule has 1 atom stereocenters. The number of nitrogens with one attached hydrogen (secondary N) is 1. The van der Waals surface area contributed by atoms with Gasteiger partial charge in [-0.3, -0.25) is 4.79 Å². The molecule has 6 heteroatoms. The first-order valence-electron chi connectivity index (χ1n) is 4.39. The van der Waals surface area contributed by atoms with E-state index in [4.69, 9.17) is 9.63 Å². The largest absolute Gasteiger partial charge is 0.481 e. The predicted molar refractivity (Wildman–Crippen MR) is 47.7 cm³/mol. The van der Waals surface area contributed by atoms with Crippen molar-refractivity contribution >= 4 is 5.97 Å². The molecule has 1 aromatic rings. The molecule has 6 nitrogen and oxygen atoms in total. The van der Waals surface area contributed by atoms with Gasteiger partial charge in [-0.1, -0.05) is 5.16 Å². The minimum Gasteiger partial charge on any atom is -0.481 e. The van der Waals surface area contributed by atoms with Gasteiger partial charge in [0.15, 0.2) is 6.33 Å². The van der Waals surface area contributed by atoms with Crippen LogP contribution in [0.25, 0.3) is 0 Å². The van der Waals surface area contributed by atoms with Crippen LogP contribution in [-0.4, -0.2) is 33.8 Å². The van der Waals surface area contributed by atoms with Crippen molar-refractivity contribution in [3.05, 3.63) is 12.2 Å². The third-order valence-corrected chi connectivity index (χ3v) is 1.72. The first kappa shape index (κ1) is 10.6. The third kappa shape index (κ3) is 3.99. The average Bonchev–Trinajstić information content (AvgIpc) is 2.55. The van der Waals surface area contributed by atoms with Crippen molar-refractivity contribution in [2.75, 3.05) is 6.54 Å². The molecule has 78 valence electrons. The summed E-state index contributed by atoms with van der Waals surface area (Å²) in [5.74, 6) is -0.247. The number of carboxylic acid groups (broad SMARTS) is 1. The summed E-state index contributed by atoms with van der Waals surface area (Å²) >= 11 is 0. The summed E-state index contributed by atoms with van der Waals surface area (Å²) < 4.78 is 4.78. The van der Waals surface area contributed by atoms with Gasteiger partial charge in [-0.2, -0.15) is 4.98 Å². The zero-order valence-corrected chi connectivity index (χ0v) is 7.93. The van der Waals surface area contributed by atoms with E-state index < -0.39 is 5.97 Å². The summed E-state index contributed by atoms with van der Waals surface area (Å²) in [5.41, 5.74) is 0. The molecule has 1 heterocycles. The molecule has 0 aliphatic rings. The van der Waals surface area contributed by atoms with Crippen molar-refractivity contribution in [3.8, 4) is 0 Å². The van der Waals surface area contributed by atoms with Crippen molar-refractivity contribution in [3.63, 3.8) is 0 Å². The molecule has 0 saturated heterocycles. The van der Waals surface area contributed by atoms with Gasteiger partial charge >= 0.3 is 5.97 Å². The van der Waals surface area contributed by atoms with Crippen LogP contribution < -0.4 is 5.32 Å². The number of rotatable bonds is 6. The van der Waals surface area contributed by atoms with E-state index in [1.807, 2.05) is 6.92 Å². The third-order valence-electron chi connectivity index (χ3n) is 1.72. The monoisotopic (exact) mass is 199 g/mol. The maximum atomic E-state index is 10.3. The maximum absolute atomic E-state index is 10.3. The van der Waals surface area contributed by atoms with Gasteiger partial charge in [0.25, 0.3) is 0 Å². The summed E-state index contributed by atoms with van der Waals surface area (Å²) in [6.07, 6.45) is 2.07. The Balaban J connectivity index is 2.12. The van der Waals surface area contributed by atoms with Crippen LogP contribution in [0.5, 0.6) is 0 Å². The molecule has 0 fully saturated rings. The fraction of sp³-hybridized carbons (Fsp3) is 0.625. The highest BCUT2D eigenvalue weighted by Crippen LogP contribution is 1.93. The van der Waals surface area contributed by atoms with Crippen LogP contribution >= 0.6 is 0 Å². The van der Waals surface area contributed by atoms with Crippen molar-refractivity contribution in [1.82, 2.24) is 15.5 Å². The van der Waals surface area contributed by atoms with E-state index in [0.29, 0.717) is 18.9 Å². The van der Waals surface area contributed by atoms with E-state index in [1.165, 1.54) is 6.33 Å². The topological polar surface area (TPSA) is 88.2 Å². The molecule has 1 unspecified atom stereocenters. The van der Waals surface area contributed by atoms with Crippen LogP contribution in [0.15, 0.2) is 10.9 Å². The lowest BCUT2D eigenvalue weighted by atomic mass is 10.2. The normalized spacial score (nSPS) is 12.6. The lowest BCUT2D eigenvalue weighted by molar-refractivity contribution is -0.137. The zero-order valence-electron chi connectivity index (χ0n) is 7.93. The van der Waals surface area contributed by atoms with Crippen molar-refractivity contribution in [1.29, 1.82) is 0 Å². The molecule has 0 spiro atoms. The molecule has 1 rings (SSSR count). The molecule has 0 radical (unpaired) electrons. The molecule has 2 N–H and O–H groups in total. The maximum Gasteiger partial charge on any atom is 0.304 e. The van der Waals surface area contributed by atoms with Gasteiger partial charge in [-0.25, -0.2) is 0 Å². The highest BCUT2D eigenvalue weighted by molar-refractivity contribution is 5.67. The van der Waals surface area contributed by atoms with Crippen LogP contribution in [0.1, 0.15) is 19.2 Å². The Hall–Kier alpha value is -1.43. The fourth-order valence-corrected chi connectivity index (χ4v) is 1.07. The number of carboxylic acids is 1. The first-order chi connectivity index (χ1) is 6.68. The number of nitrogens with zero attached hydrogens (tertiary/aromatic N) is 2. The Kier molecular flexibility index (Phi) is 4.06. The summed E-state index contributed by atoms with van der Waals surface area (Å²) in [6, 6.07) is -0.0459. The Bertz CT molecular complexity index is 273. The number of carbonyl (C=O) groups is 1. The molecule has 0 bridgehead atoms. The fourth-order valence-electron chi connectivity index (χ4n) is 1.07. The second-order valence-corrected chi connectivity index (χ2v) is 3.04. The van der Waals surface area contributed by atoms with Gasteiger partial charge in [-0.15, -0.1) is 0 Å². The molecule has 0 aliphatic carbocycles. The van der Waals surface area contributed by atoms with Crippen LogP contribution in [0.2, 0.25) is 0 Å². The van der Waals surface area contributed by atoms with Crippen LogP contribution in [-0.2, 0) is 11.2 Å². The minimum absolute atomic E-state index is 0.0459. The summed E-state index contributed by atoms with van der Waals surface area (Å²) in [6.45, 7) is 2.46. The molecular formula is C8H13N3O3. The molecule has 1 aromatic heterocycles. The predicted octanol–water partition coefficient (Wildman–Crippen LogP) is 0.0649. The van der Waals surface area contributed by atoms with E-state index in [1.54, 1.807) is 0 Å². The van der Waals surface area contributed by atoms with E-state index in [-0.39, 0.29) is 12.5 Å². The second-order valence-electron chi connectivity index (χ2n) is 3.04. The lowest BCUT2D eigenvalue weighted by Crippen LogP contribution is -2.30. The van der Waals surface area contributed by atoms with Crippen molar-refractivity contribution in [2.45, 2.75) is 25.8 Å². The second kappa shape index (κ2) is 5.33. The first-order valence-corrected chi connectivity index (χ1v) is 4.39. The van der Waals surface area contributed by atoms with E-state index in [0.717, 1.165) is 0 Å². The Morgan fingerprint density at radius 1 is 1.79 bits per heavy atom. The smallest absolute Gasteiger partial charge is 0.304 e. The number of aliphatic carboxylic acids is 1. The van der Waals surface area contributed by atoms with Crippen LogP contribution in [0.3, 0.4) is 0 Å². The summed E-state index contributed by atoms with van der Waals surface area (Å²) in [7, 11) is 0. The van der Waals surface area contributed by atoms with Gasteiger partial charge in [0.05, 0.1) is 6.42 Å². The summed E-state index contributed by atoms with van der Waals surface area (Å²) in [4.78, 5) is 14.2. The minimum atomic E-state index is -0.803. The van der Waals surface area contributed by atoms with Gasteiger partial charge in [0, 0.05) is 19.0 Å². The highest BCUT2D eigenvalue weighted by atomic mass is 16.5. The Morgan fingerprint density at radius 3 is 3.14 bits per heavy atom. The van der Waals surface area contributed by atoms with Crippen molar-refractivity contribution < 1.29 is 14.4 Å². The van der Waals surface area contributed by atoms with E-state index in [9.17, 15) is 4.79 Å².